The summed E-state index contributed by atoms with van der Waals surface area (Å²) in [5.74, 6) is 0.867. The van der Waals surface area contributed by atoms with E-state index in [1.807, 2.05) is 12.3 Å². The Labute approximate surface area is 103 Å². The quantitative estimate of drug-likeness (QED) is 0.866. The smallest absolute Gasteiger partial charge is 0.225 e. The van der Waals surface area contributed by atoms with E-state index < -0.39 is 0 Å². The molecule has 0 amide bonds. The van der Waals surface area contributed by atoms with Gasteiger partial charge in [-0.1, -0.05) is 13.3 Å². The van der Waals surface area contributed by atoms with Crippen molar-refractivity contribution in [3.05, 3.63) is 18.0 Å². The molecule has 0 saturated carbocycles. The van der Waals surface area contributed by atoms with Gasteiger partial charge in [-0.05, 0) is 31.7 Å². The second-order valence-corrected chi connectivity index (χ2v) is 4.68. The second-order valence-electron chi connectivity index (χ2n) is 4.68. The van der Waals surface area contributed by atoms with Gasteiger partial charge in [0.2, 0.25) is 5.95 Å². The highest BCUT2D eigenvalue weighted by molar-refractivity contribution is 5.32. The van der Waals surface area contributed by atoms with Gasteiger partial charge in [-0.3, -0.25) is 0 Å². The summed E-state index contributed by atoms with van der Waals surface area (Å²) in [5.41, 5.74) is 6.56. The van der Waals surface area contributed by atoms with Crippen molar-refractivity contribution in [1.82, 2.24) is 9.97 Å². The molecule has 1 aromatic rings. The van der Waals surface area contributed by atoms with Crippen LogP contribution in [0.4, 0.5) is 5.95 Å². The van der Waals surface area contributed by atoms with Crippen molar-refractivity contribution >= 4 is 5.95 Å². The lowest BCUT2D eigenvalue weighted by atomic mass is 9.99. The van der Waals surface area contributed by atoms with Crippen LogP contribution in [0.1, 0.15) is 44.7 Å². The zero-order valence-electron chi connectivity index (χ0n) is 10.6. The van der Waals surface area contributed by atoms with Gasteiger partial charge in [0.05, 0.1) is 5.69 Å². The average molecular weight is 234 g/mol. The van der Waals surface area contributed by atoms with Crippen LogP contribution in [0.2, 0.25) is 0 Å². The number of nitrogens with two attached hydrogens (primary N) is 1. The Morgan fingerprint density at radius 1 is 1.47 bits per heavy atom. The Bertz CT molecular complexity index is 351. The number of rotatable bonds is 4. The fraction of sp³-hybridized carbons (Fsp3) is 0.692. The van der Waals surface area contributed by atoms with E-state index in [0.29, 0.717) is 12.6 Å². The molecule has 1 aliphatic rings. The Morgan fingerprint density at radius 3 is 3.12 bits per heavy atom. The van der Waals surface area contributed by atoms with E-state index in [9.17, 15) is 0 Å². The maximum absolute atomic E-state index is 5.63. The van der Waals surface area contributed by atoms with Crippen LogP contribution in [0.25, 0.3) is 0 Å². The number of hydrogen-bond donors (Lipinski definition) is 1. The Morgan fingerprint density at radius 2 is 2.35 bits per heavy atom. The lowest BCUT2D eigenvalue weighted by Gasteiger charge is -2.35. The van der Waals surface area contributed by atoms with Crippen LogP contribution in [0, 0.1) is 0 Å². The van der Waals surface area contributed by atoms with Crippen molar-refractivity contribution in [2.45, 2.75) is 51.6 Å². The molecule has 4 nitrogen and oxygen atoms in total. The summed E-state index contributed by atoms with van der Waals surface area (Å²) in [6, 6.07) is 2.50. The van der Waals surface area contributed by atoms with Gasteiger partial charge in [-0.2, -0.15) is 0 Å². The third-order valence-electron chi connectivity index (χ3n) is 3.42. The molecule has 1 fully saturated rings. The Kier molecular flexibility index (Phi) is 4.31. The molecule has 17 heavy (non-hydrogen) atoms. The van der Waals surface area contributed by atoms with E-state index in [2.05, 4.69) is 21.8 Å². The first-order valence-electron chi connectivity index (χ1n) is 6.63. The summed E-state index contributed by atoms with van der Waals surface area (Å²) in [7, 11) is 0. The summed E-state index contributed by atoms with van der Waals surface area (Å²) in [6.45, 7) is 3.81. The Balaban J connectivity index is 2.16. The largest absolute Gasteiger partial charge is 0.338 e. The highest BCUT2D eigenvalue weighted by Crippen LogP contribution is 2.24. The number of piperidine rings is 1. The molecule has 4 heteroatoms. The van der Waals surface area contributed by atoms with E-state index in [4.69, 9.17) is 5.73 Å². The number of nitrogens with zero attached hydrogens (tertiary/aromatic N) is 3. The van der Waals surface area contributed by atoms with Gasteiger partial charge in [0.15, 0.2) is 0 Å². The van der Waals surface area contributed by atoms with E-state index in [-0.39, 0.29) is 0 Å². The monoisotopic (exact) mass is 234 g/mol. The lowest BCUT2D eigenvalue weighted by molar-refractivity contribution is 0.428. The fourth-order valence-electron chi connectivity index (χ4n) is 2.53. The first kappa shape index (κ1) is 12.3. The third-order valence-corrected chi connectivity index (χ3v) is 3.42. The minimum Gasteiger partial charge on any atom is -0.338 e. The zero-order valence-corrected chi connectivity index (χ0v) is 10.6. The summed E-state index contributed by atoms with van der Waals surface area (Å²) in [5, 5.41) is 0. The van der Waals surface area contributed by atoms with Crippen molar-refractivity contribution < 1.29 is 0 Å². The Hall–Kier alpha value is -1.16. The molecular weight excluding hydrogens is 212 g/mol. The molecule has 0 aromatic carbocycles. The van der Waals surface area contributed by atoms with Crippen molar-refractivity contribution in [3.63, 3.8) is 0 Å². The maximum Gasteiger partial charge on any atom is 0.225 e. The van der Waals surface area contributed by atoms with Gasteiger partial charge in [-0.15, -0.1) is 0 Å². The highest BCUT2D eigenvalue weighted by atomic mass is 15.3. The summed E-state index contributed by atoms with van der Waals surface area (Å²) >= 11 is 0. The fourth-order valence-corrected chi connectivity index (χ4v) is 2.53. The standard InChI is InChI=1S/C13H22N4/c1-2-5-12-6-3-4-9-17(12)13-15-8-7-11(10-14)16-13/h7-8,12H,2-6,9-10,14H2,1H3. The molecule has 0 spiro atoms. The van der Waals surface area contributed by atoms with E-state index in [1.54, 1.807) is 0 Å². The van der Waals surface area contributed by atoms with Crippen LogP contribution < -0.4 is 10.6 Å². The van der Waals surface area contributed by atoms with Crippen molar-refractivity contribution in [1.29, 1.82) is 0 Å². The predicted octanol–water partition coefficient (Wildman–Crippen LogP) is 2.09. The second kappa shape index (κ2) is 5.96. The lowest BCUT2D eigenvalue weighted by Crippen LogP contribution is -2.40. The molecule has 2 N–H and O–H groups in total. The molecule has 2 heterocycles. The van der Waals surface area contributed by atoms with E-state index in [1.165, 1.54) is 32.1 Å². The molecule has 94 valence electrons. The van der Waals surface area contributed by atoms with Gasteiger partial charge >= 0.3 is 0 Å². The maximum atomic E-state index is 5.63. The average Bonchev–Trinajstić information content (AvgIpc) is 2.40. The van der Waals surface area contributed by atoms with Crippen LogP contribution in [0.15, 0.2) is 12.3 Å². The molecule has 1 saturated heterocycles. The highest BCUT2D eigenvalue weighted by Gasteiger charge is 2.23. The molecule has 1 aromatic heterocycles. The molecule has 0 bridgehead atoms. The molecule has 0 aliphatic carbocycles. The molecule has 1 atom stereocenters. The van der Waals surface area contributed by atoms with Crippen molar-refractivity contribution in [2.24, 2.45) is 5.73 Å². The number of hydrogen-bond acceptors (Lipinski definition) is 4. The van der Waals surface area contributed by atoms with Crippen LogP contribution in [0.5, 0.6) is 0 Å². The molecule has 0 radical (unpaired) electrons. The first-order valence-corrected chi connectivity index (χ1v) is 6.63. The van der Waals surface area contributed by atoms with Crippen LogP contribution >= 0.6 is 0 Å². The zero-order chi connectivity index (χ0) is 12.1. The van der Waals surface area contributed by atoms with Crippen molar-refractivity contribution in [3.8, 4) is 0 Å². The van der Waals surface area contributed by atoms with Gasteiger partial charge in [0, 0.05) is 25.3 Å². The van der Waals surface area contributed by atoms with Gasteiger partial charge in [0.25, 0.3) is 0 Å². The van der Waals surface area contributed by atoms with Gasteiger partial charge < -0.3 is 10.6 Å². The minimum atomic E-state index is 0.488. The molecule has 1 aliphatic heterocycles. The predicted molar refractivity (Wildman–Crippen MR) is 69.8 cm³/mol. The normalized spacial score (nSPS) is 20.6. The van der Waals surface area contributed by atoms with Gasteiger partial charge in [-0.25, -0.2) is 9.97 Å². The van der Waals surface area contributed by atoms with E-state index >= 15 is 0 Å². The first-order chi connectivity index (χ1) is 8.35. The third kappa shape index (κ3) is 2.94. The molecule has 2 rings (SSSR count). The SMILES string of the molecule is CCCC1CCCCN1c1nccc(CN)n1. The summed E-state index contributed by atoms with van der Waals surface area (Å²) < 4.78 is 0. The van der Waals surface area contributed by atoms with Crippen molar-refractivity contribution in [2.75, 3.05) is 11.4 Å². The van der Waals surface area contributed by atoms with Crippen LogP contribution in [0.3, 0.4) is 0 Å². The van der Waals surface area contributed by atoms with Crippen LogP contribution in [-0.4, -0.2) is 22.6 Å². The molecular formula is C13H22N4. The number of anilines is 1. The summed E-state index contributed by atoms with van der Waals surface area (Å²) in [6.07, 6.45) is 8.12. The number of aromatic nitrogens is 2. The van der Waals surface area contributed by atoms with Crippen LogP contribution in [-0.2, 0) is 6.54 Å². The minimum absolute atomic E-state index is 0.488. The topological polar surface area (TPSA) is 55.0 Å². The van der Waals surface area contributed by atoms with Gasteiger partial charge in [0.1, 0.15) is 0 Å². The van der Waals surface area contributed by atoms with E-state index in [0.717, 1.165) is 18.2 Å². The summed E-state index contributed by atoms with van der Waals surface area (Å²) in [4.78, 5) is 11.3. The molecule has 1 unspecified atom stereocenters.